The third kappa shape index (κ3) is 6.47. The molecule has 0 aliphatic carbocycles. The van der Waals surface area contributed by atoms with Crippen molar-refractivity contribution in [3.63, 3.8) is 0 Å². The highest BCUT2D eigenvalue weighted by atomic mass is 19.4. The first-order valence-corrected chi connectivity index (χ1v) is 3.77. The van der Waals surface area contributed by atoms with E-state index in [1.54, 1.807) is 0 Å². The van der Waals surface area contributed by atoms with Crippen LogP contribution in [-0.4, -0.2) is 32.5 Å². The van der Waals surface area contributed by atoms with Crippen molar-refractivity contribution in [3.05, 3.63) is 12.2 Å². The molecular weight excluding hydrogens is 201 g/mol. The molecule has 0 aromatic carbocycles. The van der Waals surface area contributed by atoms with E-state index in [0.29, 0.717) is 0 Å². The number of ether oxygens (including phenoxy) is 2. The van der Waals surface area contributed by atoms with Crippen LogP contribution in [0.3, 0.4) is 0 Å². The molecule has 82 valence electrons. The van der Waals surface area contributed by atoms with E-state index in [2.05, 4.69) is 16.1 Å². The van der Waals surface area contributed by atoms with E-state index in [9.17, 15) is 18.0 Å². The molecule has 0 saturated carbocycles. The average molecular weight is 212 g/mol. The largest absolute Gasteiger partial charge is 0.460 e. The Morgan fingerprint density at radius 3 is 2.36 bits per heavy atom. The van der Waals surface area contributed by atoms with Gasteiger partial charge >= 0.3 is 12.1 Å². The Morgan fingerprint density at radius 1 is 1.36 bits per heavy atom. The topological polar surface area (TPSA) is 35.5 Å². The van der Waals surface area contributed by atoms with Crippen LogP contribution in [0.4, 0.5) is 13.2 Å². The minimum absolute atomic E-state index is 0.0772. The van der Waals surface area contributed by atoms with E-state index in [0.717, 1.165) is 0 Å². The van der Waals surface area contributed by atoms with Crippen molar-refractivity contribution in [1.29, 1.82) is 0 Å². The summed E-state index contributed by atoms with van der Waals surface area (Å²) in [6, 6.07) is 0. The number of halogens is 3. The van der Waals surface area contributed by atoms with Gasteiger partial charge in [-0.2, -0.15) is 13.2 Å². The maximum atomic E-state index is 11.8. The minimum Gasteiger partial charge on any atom is -0.460 e. The van der Waals surface area contributed by atoms with Gasteiger partial charge in [0.05, 0.1) is 13.0 Å². The monoisotopic (exact) mass is 212 g/mol. The zero-order valence-corrected chi connectivity index (χ0v) is 7.69. The summed E-state index contributed by atoms with van der Waals surface area (Å²) in [5.74, 6) is -1.04. The van der Waals surface area contributed by atoms with Crippen LogP contribution >= 0.6 is 0 Å². The van der Waals surface area contributed by atoms with Gasteiger partial charge in [-0.1, -0.05) is 6.58 Å². The molecule has 0 N–H and O–H groups in total. The molecule has 3 nitrogen and oxygen atoms in total. The molecule has 0 bridgehead atoms. The smallest absolute Gasteiger partial charge is 0.393 e. The van der Waals surface area contributed by atoms with Gasteiger partial charge in [0.1, 0.15) is 6.61 Å². The molecule has 0 aromatic heterocycles. The molecule has 14 heavy (non-hydrogen) atoms. The van der Waals surface area contributed by atoms with Crippen LogP contribution in [0.15, 0.2) is 12.2 Å². The van der Waals surface area contributed by atoms with Gasteiger partial charge in [0.2, 0.25) is 0 Å². The predicted molar refractivity (Wildman–Crippen MR) is 42.6 cm³/mol. The molecule has 0 unspecified atom stereocenters. The van der Waals surface area contributed by atoms with Crippen LogP contribution in [0.25, 0.3) is 0 Å². The number of hydrogen-bond donors (Lipinski definition) is 0. The Bertz CT molecular complexity index is 210. The maximum Gasteiger partial charge on any atom is 0.393 e. The Labute approximate surface area is 79.5 Å². The molecular formula is C8H11F3O3. The van der Waals surface area contributed by atoms with Crippen molar-refractivity contribution in [3.8, 4) is 0 Å². The van der Waals surface area contributed by atoms with Crippen molar-refractivity contribution in [2.24, 2.45) is 0 Å². The van der Waals surface area contributed by atoms with Crippen LogP contribution in [0.1, 0.15) is 6.42 Å². The van der Waals surface area contributed by atoms with Gasteiger partial charge in [0, 0.05) is 12.7 Å². The number of rotatable bonds is 5. The van der Waals surface area contributed by atoms with Gasteiger partial charge in [-0.15, -0.1) is 0 Å². The summed E-state index contributed by atoms with van der Waals surface area (Å²) in [6.07, 6.45) is -5.78. The first-order chi connectivity index (χ1) is 6.37. The van der Waals surface area contributed by atoms with Gasteiger partial charge in [-0.25, -0.2) is 4.79 Å². The van der Waals surface area contributed by atoms with E-state index in [1.807, 2.05) is 0 Å². The zero-order valence-electron chi connectivity index (χ0n) is 7.69. The highest BCUT2D eigenvalue weighted by molar-refractivity contribution is 5.87. The first-order valence-electron chi connectivity index (χ1n) is 3.77. The van der Waals surface area contributed by atoms with Crippen molar-refractivity contribution < 1.29 is 27.4 Å². The highest BCUT2D eigenvalue weighted by Crippen LogP contribution is 2.23. The Kier molecular flexibility index (Phi) is 5.22. The molecule has 0 heterocycles. The average Bonchev–Trinajstić information content (AvgIpc) is 2.01. The van der Waals surface area contributed by atoms with E-state index in [1.165, 1.54) is 7.11 Å². The molecule has 6 heteroatoms. The van der Waals surface area contributed by atoms with Crippen molar-refractivity contribution >= 4 is 5.97 Å². The summed E-state index contributed by atoms with van der Waals surface area (Å²) < 4.78 is 44.3. The number of hydrogen-bond acceptors (Lipinski definition) is 3. The SMILES string of the molecule is C=C(CC(F)(F)F)C(=O)OCCOC. The number of carbonyl (C=O) groups excluding carboxylic acids is 1. The van der Waals surface area contributed by atoms with Gasteiger partial charge < -0.3 is 9.47 Å². The Morgan fingerprint density at radius 2 is 1.93 bits per heavy atom. The minimum atomic E-state index is -4.43. The summed E-state index contributed by atoms with van der Waals surface area (Å²) >= 11 is 0. The molecule has 0 amide bonds. The number of esters is 1. The predicted octanol–water partition coefficient (Wildman–Crippen LogP) is 1.68. The molecule has 0 aliphatic heterocycles. The normalized spacial score (nSPS) is 11.1. The van der Waals surface area contributed by atoms with Crippen LogP contribution in [-0.2, 0) is 14.3 Å². The van der Waals surface area contributed by atoms with E-state index >= 15 is 0 Å². The summed E-state index contributed by atoms with van der Waals surface area (Å²) in [5.41, 5.74) is -0.603. The molecule has 0 saturated heterocycles. The van der Waals surface area contributed by atoms with E-state index < -0.39 is 24.1 Å². The lowest BCUT2D eigenvalue weighted by molar-refractivity contribution is -0.148. The fraction of sp³-hybridized carbons (Fsp3) is 0.625. The standard InChI is InChI=1S/C8H11F3O3/c1-6(5-8(9,10)11)7(12)14-4-3-13-2/h1,3-5H2,2H3. The van der Waals surface area contributed by atoms with Gasteiger partial charge in [0.15, 0.2) is 0 Å². The number of carbonyl (C=O) groups is 1. The lowest BCUT2D eigenvalue weighted by atomic mass is 10.2. The van der Waals surface area contributed by atoms with Gasteiger partial charge in [0.25, 0.3) is 0 Å². The zero-order chi connectivity index (χ0) is 11.2. The first kappa shape index (κ1) is 13.0. The summed E-state index contributed by atoms with van der Waals surface area (Å²) in [4.78, 5) is 10.8. The number of methoxy groups -OCH3 is 1. The van der Waals surface area contributed by atoms with E-state index in [-0.39, 0.29) is 13.2 Å². The summed E-state index contributed by atoms with van der Waals surface area (Å²) in [5, 5.41) is 0. The maximum absolute atomic E-state index is 11.8. The van der Waals surface area contributed by atoms with Crippen molar-refractivity contribution in [2.45, 2.75) is 12.6 Å². The van der Waals surface area contributed by atoms with E-state index in [4.69, 9.17) is 0 Å². The van der Waals surface area contributed by atoms with Crippen LogP contribution < -0.4 is 0 Å². The second kappa shape index (κ2) is 5.64. The quantitative estimate of drug-likeness (QED) is 0.395. The fourth-order valence-corrected chi connectivity index (χ4v) is 0.634. The molecule has 0 spiro atoms. The molecule has 0 atom stereocenters. The Balaban J connectivity index is 3.83. The molecule has 0 aromatic rings. The lowest BCUT2D eigenvalue weighted by Gasteiger charge is -2.08. The van der Waals surface area contributed by atoms with Gasteiger partial charge in [-0.3, -0.25) is 0 Å². The molecule has 0 radical (unpaired) electrons. The van der Waals surface area contributed by atoms with Crippen LogP contribution in [0, 0.1) is 0 Å². The number of alkyl halides is 3. The van der Waals surface area contributed by atoms with Gasteiger partial charge in [-0.05, 0) is 0 Å². The van der Waals surface area contributed by atoms with Crippen LogP contribution in [0.5, 0.6) is 0 Å². The lowest BCUT2D eigenvalue weighted by Crippen LogP contribution is -2.17. The van der Waals surface area contributed by atoms with Crippen LogP contribution in [0.2, 0.25) is 0 Å². The summed E-state index contributed by atoms with van der Waals surface area (Å²) in [6.45, 7) is 3.05. The van der Waals surface area contributed by atoms with Crippen molar-refractivity contribution in [1.82, 2.24) is 0 Å². The molecule has 0 rings (SSSR count). The second-order valence-electron chi connectivity index (χ2n) is 2.52. The third-order valence-electron chi connectivity index (χ3n) is 1.22. The second-order valence-corrected chi connectivity index (χ2v) is 2.52. The van der Waals surface area contributed by atoms with Crippen molar-refractivity contribution in [2.75, 3.05) is 20.3 Å². The molecule has 0 aliphatic rings. The summed E-state index contributed by atoms with van der Waals surface area (Å²) in [7, 11) is 1.39. The third-order valence-corrected chi connectivity index (χ3v) is 1.22. The highest BCUT2D eigenvalue weighted by Gasteiger charge is 2.30. The fourth-order valence-electron chi connectivity index (χ4n) is 0.634. The Hall–Kier alpha value is -1.04. The molecule has 0 fully saturated rings.